The summed E-state index contributed by atoms with van der Waals surface area (Å²) in [6.45, 7) is 0. The number of hydrogen-bond acceptors (Lipinski definition) is 5. The fourth-order valence-corrected chi connectivity index (χ4v) is 2.63. The van der Waals surface area contributed by atoms with Crippen molar-refractivity contribution in [3.05, 3.63) is 34.3 Å². The van der Waals surface area contributed by atoms with Gasteiger partial charge in [-0.3, -0.25) is 10.1 Å². The fraction of sp³-hybridized carbons (Fsp3) is 0.250. The van der Waals surface area contributed by atoms with E-state index in [-0.39, 0.29) is 5.13 Å². The Morgan fingerprint density at radius 2 is 2.10 bits per heavy atom. The summed E-state index contributed by atoms with van der Waals surface area (Å²) in [7, 11) is 0. The number of aromatic nitrogens is 2. The van der Waals surface area contributed by atoms with Gasteiger partial charge in [-0.25, -0.2) is 8.78 Å². The van der Waals surface area contributed by atoms with Crippen LogP contribution in [0, 0.1) is 11.6 Å². The lowest BCUT2D eigenvalue weighted by molar-refractivity contribution is 0.102. The summed E-state index contributed by atoms with van der Waals surface area (Å²) in [5.41, 5.74) is -0.616. The third-order valence-electron chi connectivity index (χ3n) is 2.85. The molecule has 0 bridgehead atoms. The van der Waals surface area contributed by atoms with Gasteiger partial charge in [-0.2, -0.15) is 0 Å². The van der Waals surface area contributed by atoms with Crippen LogP contribution in [0.25, 0.3) is 0 Å². The van der Waals surface area contributed by atoms with E-state index in [0.717, 1.165) is 17.8 Å². The first-order valence-corrected chi connectivity index (χ1v) is 6.69. The fourth-order valence-electron chi connectivity index (χ4n) is 1.72. The van der Waals surface area contributed by atoms with E-state index in [9.17, 15) is 18.7 Å². The highest BCUT2D eigenvalue weighted by Gasteiger charge is 2.28. The van der Waals surface area contributed by atoms with Crippen LogP contribution in [0.1, 0.15) is 34.1 Å². The Bertz CT molecular complexity index is 662. The molecular weight excluding hydrogens is 288 g/mol. The highest BCUT2D eigenvalue weighted by atomic mass is 32.1. The number of nitrogens with one attached hydrogen (secondary N) is 1. The molecule has 1 amide bonds. The standard InChI is InChI=1S/C12H9F2N3O2S/c13-6-3-7(14)9(8(18)4-6)10(19)15-12-17-16-11(20-12)5-1-2-5/h3-5,18H,1-2H2,(H,15,17,19). The number of carbonyl (C=O) groups is 1. The lowest BCUT2D eigenvalue weighted by Gasteiger charge is -2.05. The molecule has 2 N–H and O–H groups in total. The predicted octanol–water partition coefficient (Wildman–Crippen LogP) is 2.65. The molecule has 1 heterocycles. The Kier molecular flexibility index (Phi) is 3.09. The van der Waals surface area contributed by atoms with Crippen LogP contribution < -0.4 is 5.32 Å². The van der Waals surface area contributed by atoms with Crippen LogP contribution >= 0.6 is 11.3 Å². The predicted molar refractivity (Wildman–Crippen MR) is 67.9 cm³/mol. The van der Waals surface area contributed by atoms with Crippen molar-refractivity contribution >= 4 is 22.4 Å². The second kappa shape index (κ2) is 4.78. The largest absolute Gasteiger partial charge is 0.507 e. The van der Waals surface area contributed by atoms with Gasteiger partial charge in [0.25, 0.3) is 5.91 Å². The molecule has 1 fully saturated rings. The smallest absolute Gasteiger partial charge is 0.264 e. The van der Waals surface area contributed by atoms with Crippen molar-refractivity contribution in [2.45, 2.75) is 18.8 Å². The molecule has 0 spiro atoms. The van der Waals surface area contributed by atoms with E-state index in [4.69, 9.17) is 0 Å². The van der Waals surface area contributed by atoms with Crippen LogP contribution in [-0.4, -0.2) is 21.2 Å². The maximum atomic E-state index is 13.5. The van der Waals surface area contributed by atoms with E-state index in [0.29, 0.717) is 18.1 Å². The van der Waals surface area contributed by atoms with Crippen LogP contribution in [-0.2, 0) is 0 Å². The first-order chi connectivity index (χ1) is 9.54. The Hall–Kier alpha value is -2.09. The van der Waals surface area contributed by atoms with Gasteiger partial charge < -0.3 is 5.11 Å². The highest BCUT2D eigenvalue weighted by molar-refractivity contribution is 7.15. The maximum absolute atomic E-state index is 13.5. The number of nitrogens with zero attached hydrogens (tertiary/aromatic N) is 2. The summed E-state index contributed by atoms with van der Waals surface area (Å²) < 4.78 is 26.4. The summed E-state index contributed by atoms with van der Waals surface area (Å²) in [5.74, 6) is -3.34. The second-order valence-corrected chi connectivity index (χ2v) is 5.46. The van der Waals surface area contributed by atoms with Crippen molar-refractivity contribution in [3.63, 3.8) is 0 Å². The van der Waals surface area contributed by atoms with E-state index >= 15 is 0 Å². The molecule has 8 heteroatoms. The van der Waals surface area contributed by atoms with E-state index in [2.05, 4.69) is 15.5 Å². The minimum atomic E-state index is -1.13. The zero-order chi connectivity index (χ0) is 14.3. The Morgan fingerprint density at radius 3 is 2.75 bits per heavy atom. The molecule has 104 valence electrons. The van der Waals surface area contributed by atoms with Crippen molar-refractivity contribution in [1.29, 1.82) is 0 Å². The van der Waals surface area contributed by atoms with Crippen molar-refractivity contribution in [3.8, 4) is 5.75 Å². The maximum Gasteiger partial charge on any atom is 0.264 e. The van der Waals surface area contributed by atoms with Crippen LogP contribution in [0.15, 0.2) is 12.1 Å². The monoisotopic (exact) mass is 297 g/mol. The number of aromatic hydroxyl groups is 1. The molecule has 2 aromatic rings. The van der Waals surface area contributed by atoms with E-state index < -0.39 is 28.9 Å². The molecule has 1 aliphatic carbocycles. The minimum absolute atomic E-state index is 0.222. The summed E-state index contributed by atoms with van der Waals surface area (Å²) in [6.07, 6.45) is 2.10. The molecule has 5 nitrogen and oxygen atoms in total. The summed E-state index contributed by atoms with van der Waals surface area (Å²) in [4.78, 5) is 11.9. The number of phenolic OH excluding ortho intramolecular Hbond substituents is 1. The molecule has 0 unspecified atom stereocenters. The average Bonchev–Trinajstić information content (AvgIpc) is 3.09. The topological polar surface area (TPSA) is 75.1 Å². The third kappa shape index (κ3) is 2.46. The summed E-state index contributed by atoms with van der Waals surface area (Å²) in [6, 6.07) is 1.21. The van der Waals surface area contributed by atoms with Crippen LogP contribution in [0.2, 0.25) is 0 Å². The van der Waals surface area contributed by atoms with E-state index in [1.807, 2.05) is 0 Å². The number of benzene rings is 1. The van der Waals surface area contributed by atoms with Gasteiger partial charge in [0, 0.05) is 18.1 Å². The number of rotatable bonds is 3. The molecule has 0 atom stereocenters. The zero-order valence-corrected chi connectivity index (χ0v) is 10.9. The summed E-state index contributed by atoms with van der Waals surface area (Å²) >= 11 is 1.21. The average molecular weight is 297 g/mol. The molecule has 0 radical (unpaired) electrons. The molecule has 3 rings (SSSR count). The van der Waals surface area contributed by atoms with E-state index in [1.54, 1.807) is 0 Å². The van der Waals surface area contributed by atoms with Gasteiger partial charge in [0.05, 0.1) is 0 Å². The normalized spacial score (nSPS) is 14.3. The number of amides is 1. The van der Waals surface area contributed by atoms with Gasteiger partial charge in [0.15, 0.2) is 0 Å². The molecule has 1 aromatic heterocycles. The lowest BCUT2D eigenvalue weighted by atomic mass is 10.1. The first-order valence-electron chi connectivity index (χ1n) is 5.87. The number of carbonyl (C=O) groups excluding carboxylic acids is 1. The second-order valence-electron chi connectivity index (χ2n) is 4.46. The van der Waals surface area contributed by atoms with Gasteiger partial charge in [0.1, 0.15) is 28.0 Å². The molecule has 1 saturated carbocycles. The van der Waals surface area contributed by atoms with E-state index in [1.165, 1.54) is 11.3 Å². The SMILES string of the molecule is O=C(Nc1nnc(C2CC2)s1)c1c(O)cc(F)cc1F. The quantitative estimate of drug-likeness (QED) is 0.913. The van der Waals surface area contributed by atoms with Gasteiger partial charge in [-0.05, 0) is 12.8 Å². The van der Waals surface area contributed by atoms with Crippen molar-refractivity contribution in [2.24, 2.45) is 0 Å². The van der Waals surface area contributed by atoms with Crippen LogP contribution in [0.3, 0.4) is 0 Å². The zero-order valence-electron chi connectivity index (χ0n) is 10.1. The first kappa shape index (κ1) is 12.9. The molecular formula is C12H9F2N3O2S. The van der Waals surface area contributed by atoms with Crippen molar-refractivity contribution < 1.29 is 18.7 Å². The van der Waals surface area contributed by atoms with Gasteiger partial charge in [-0.15, -0.1) is 10.2 Å². The lowest BCUT2D eigenvalue weighted by Crippen LogP contribution is -2.14. The van der Waals surface area contributed by atoms with Gasteiger partial charge >= 0.3 is 0 Å². The third-order valence-corrected chi connectivity index (χ3v) is 3.85. The Labute approximate surface area is 116 Å². The van der Waals surface area contributed by atoms with Crippen LogP contribution in [0.4, 0.5) is 13.9 Å². The van der Waals surface area contributed by atoms with Gasteiger partial charge in [0.2, 0.25) is 5.13 Å². The number of anilines is 1. The minimum Gasteiger partial charge on any atom is -0.507 e. The van der Waals surface area contributed by atoms with Crippen LogP contribution in [0.5, 0.6) is 5.75 Å². The summed E-state index contributed by atoms with van der Waals surface area (Å²) in [5, 5.41) is 20.5. The van der Waals surface area contributed by atoms with Gasteiger partial charge in [-0.1, -0.05) is 11.3 Å². The number of phenols is 1. The molecule has 1 aliphatic rings. The Balaban J connectivity index is 1.81. The van der Waals surface area contributed by atoms with Crippen molar-refractivity contribution in [2.75, 3.05) is 5.32 Å². The van der Waals surface area contributed by atoms with Crippen molar-refractivity contribution in [1.82, 2.24) is 10.2 Å². The highest BCUT2D eigenvalue weighted by Crippen LogP contribution is 2.42. The molecule has 0 saturated heterocycles. The molecule has 1 aromatic carbocycles. The molecule has 0 aliphatic heterocycles. The number of halogens is 2. The molecule has 20 heavy (non-hydrogen) atoms. The number of hydrogen-bond donors (Lipinski definition) is 2. The Morgan fingerprint density at radius 1 is 1.35 bits per heavy atom.